The molecule has 43 heavy (non-hydrogen) atoms. The summed E-state index contributed by atoms with van der Waals surface area (Å²) in [5.41, 5.74) is 1.81. The van der Waals surface area contributed by atoms with Crippen LogP contribution in [0, 0.1) is 0 Å². The molecule has 1 aliphatic carbocycles. The number of fused-ring (bicyclic) bond motifs is 3. The number of ether oxygens (including phenoxy) is 3. The number of carbonyl (C=O) groups excluding carboxylic acids is 3. The van der Waals surface area contributed by atoms with Crippen molar-refractivity contribution in [1.29, 1.82) is 0 Å². The average Bonchev–Trinajstić information content (AvgIpc) is 3.21. The lowest BCUT2D eigenvalue weighted by Crippen LogP contribution is -2.48. The summed E-state index contributed by atoms with van der Waals surface area (Å²) in [5.74, 6) is -1.43. The van der Waals surface area contributed by atoms with Crippen molar-refractivity contribution in [2.75, 3.05) is 13.7 Å². The van der Waals surface area contributed by atoms with Crippen molar-refractivity contribution < 1.29 is 38.5 Å². The Balaban J connectivity index is 1.81. The standard InChI is InChI=1S/C31H40N4O8/c1-30(2,3)42-27(38)33-26(34-28(39)43-31(4,5)6)32-18-12-17-23(25(36)37)35(29(40)41-7)24-21-15-10-8-13-19(21)20-14-9-11-16-22(20)24/h8-11,13-16,23-24H,12,17-18H2,1-7H3,(H,36,37)(H2,32,33,34,38,39)/t23-/m0/s1. The first-order valence-corrected chi connectivity index (χ1v) is 13.9. The minimum absolute atomic E-state index is 0.0183. The molecule has 0 fully saturated rings. The summed E-state index contributed by atoms with van der Waals surface area (Å²) in [6, 6.07) is 13.2. The number of carboxylic acid groups (broad SMARTS) is 1. The van der Waals surface area contributed by atoms with Gasteiger partial charge in [-0.1, -0.05) is 48.5 Å². The third kappa shape index (κ3) is 8.94. The minimum Gasteiger partial charge on any atom is -0.480 e. The molecule has 12 nitrogen and oxygen atoms in total. The molecule has 0 bridgehead atoms. The largest absolute Gasteiger partial charge is 0.480 e. The number of nitrogens with zero attached hydrogens (tertiary/aromatic N) is 2. The van der Waals surface area contributed by atoms with Crippen LogP contribution in [-0.4, -0.2) is 71.1 Å². The second-order valence-corrected chi connectivity index (χ2v) is 11.9. The van der Waals surface area contributed by atoms with Gasteiger partial charge in [0.2, 0.25) is 5.96 Å². The summed E-state index contributed by atoms with van der Waals surface area (Å²) in [6.07, 6.45) is -2.34. The molecule has 0 aromatic heterocycles. The Labute approximate surface area is 251 Å². The minimum atomic E-state index is -1.26. The number of amides is 3. The predicted molar refractivity (Wildman–Crippen MR) is 160 cm³/mol. The topological polar surface area (TPSA) is 156 Å². The predicted octanol–water partition coefficient (Wildman–Crippen LogP) is 5.46. The van der Waals surface area contributed by atoms with Gasteiger partial charge in [-0.05, 0) is 76.6 Å². The van der Waals surface area contributed by atoms with E-state index in [0.29, 0.717) is 0 Å². The van der Waals surface area contributed by atoms with E-state index in [4.69, 9.17) is 14.2 Å². The van der Waals surface area contributed by atoms with Crippen LogP contribution in [0.5, 0.6) is 0 Å². The number of nitrogens with one attached hydrogen (secondary N) is 2. The van der Waals surface area contributed by atoms with Crippen LogP contribution in [0.3, 0.4) is 0 Å². The Kier molecular flexibility index (Phi) is 10.4. The molecule has 3 N–H and O–H groups in total. The zero-order valence-electron chi connectivity index (χ0n) is 25.6. The van der Waals surface area contributed by atoms with E-state index in [1.165, 1.54) is 12.0 Å². The van der Waals surface area contributed by atoms with Gasteiger partial charge in [-0.25, -0.2) is 19.2 Å². The van der Waals surface area contributed by atoms with Crippen molar-refractivity contribution in [1.82, 2.24) is 15.5 Å². The summed E-state index contributed by atoms with van der Waals surface area (Å²) in [5, 5.41) is 15.5. The molecule has 3 rings (SSSR count). The Morgan fingerprint density at radius 3 is 1.93 bits per heavy atom. The summed E-state index contributed by atoms with van der Waals surface area (Å²) in [4.78, 5) is 55.5. The van der Waals surface area contributed by atoms with Crippen LogP contribution in [0.4, 0.5) is 14.4 Å². The number of carbonyl (C=O) groups is 4. The van der Waals surface area contributed by atoms with Gasteiger partial charge in [0.15, 0.2) is 0 Å². The first kappa shape index (κ1) is 32.9. The summed E-state index contributed by atoms with van der Waals surface area (Å²) in [6.45, 7) is 10.2. The molecule has 0 saturated heterocycles. The van der Waals surface area contributed by atoms with E-state index in [-0.39, 0.29) is 25.3 Å². The quantitative estimate of drug-likeness (QED) is 0.163. The highest BCUT2D eigenvalue weighted by molar-refractivity contribution is 5.98. The van der Waals surface area contributed by atoms with Crippen LogP contribution < -0.4 is 10.6 Å². The molecule has 1 aliphatic rings. The van der Waals surface area contributed by atoms with Crippen LogP contribution in [0.1, 0.15) is 71.6 Å². The number of benzene rings is 2. The van der Waals surface area contributed by atoms with Gasteiger partial charge in [0.25, 0.3) is 0 Å². The van der Waals surface area contributed by atoms with E-state index in [0.717, 1.165) is 22.3 Å². The summed E-state index contributed by atoms with van der Waals surface area (Å²) < 4.78 is 15.5. The SMILES string of the molecule is COC(=O)N(C1c2ccccc2-c2ccccc21)[C@@H](CCCN/C(=N\C(=O)OC(C)(C)C)NC(=O)OC(C)(C)C)C(=O)O. The van der Waals surface area contributed by atoms with Crippen molar-refractivity contribution in [2.24, 2.45) is 4.99 Å². The van der Waals surface area contributed by atoms with E-state index in [9.17, 15) is 24.3 Å². The van der Waals surface area contributed by atoms with Crippen LogP contribution in [0.25, 0.3) is 11.1 Å². The number of hydrogen-bond donors (Lipinski definition) is 3. The van der Waals surface area contributed by atoms with Gasteiger partial charge in [-0.15, -0.1) is 4.99 Å². The molecule has 0 heterocycles. The Morgan fingerprint density at radius 2 is 1.44 bits per heavy atom. The molecular weight excluding hydrogens is 556 g/mol. The van der Waals surface area contributed by atoms with Crippen molar-refractivity contribution >= 4 is 30.2 Å². The number of rotatable bonds is 7. The van der Waals surface area contributed by atoms with Crippen molar-refractivity contribution in [3.63, 3.8) is 0 Å². The summed E-state index contributed by atoms with van der Waals surface area (Å²) in [7, 11) is 1.21. The molecule has 0 radical (unpaired) electrons. The third-order valence-corrected chi connectivity index (χ3v) is 6.25. The maximum absolute atomic E-state index is 13.2. The van der Waals surface area contributed by atoms with E-state index < -0.39 is 47.5 Å². The van der Waals surface area contributed by atoms with Crippen LogP contribution in [0.15, 0.2) is 53.5 Å². The fourth-order valence-corrected chi connectivity index (χ4v) is 4.72. The van der Waals surface area contributed by atoms with Crippen molar-refractivity contribution in [3.05, 3.63) is 59.7 Å². The Morgan fingerprint density at radius 1 is 0.907 bits per heavy atom. The fourth-order valence-electron chi connectivity index (χ4n) is 4.72. The number of methoxy groups -OCH3 is 1. The van der Waals surface area contributed by atoms with Crippen molar-refractivity contribution in [2.45, 2.75) is 77.7 Å². The van der Waals surface area contributed by atoms with Crippen LogP contribution in [0.2, 0.25) is 0 Å². The van der Waals surface area contributed by atoms with Crippen molar-refractivity contribution in [3.8, 4) is 11.1 Å². The lowest BCUT2D eigenvalue weighted by atomic mass is 10.00. The number of aliphatic imine (C=N–C) groups is 1. The second-order valence-electron chi connectivity index (χ2n) is 11.9. The third-order valence-electron chi connectivity index (χ3n) is 6.25. The highest BCUT2D eigenvalue weighted by Crippen LogP contribution is 2.47. The van der Waals surface area contributed by atoms with Gasteiger partial charge < -0.3 is 24.6 Å². The van der Waals surface area contributed by atoms with Gasteiger partial charge in [0.1, 0.15) is 17.2 Å². The normalized spacial score (nSPS) is 13.7. The second kappa shape index (κ2) is 13.6. The molecule has 0 unspecified atom stereocenters. The van der Waals surface area contributed by atoms with Crippen LogP contribution >= 0.6 is 0 Å². The molecule has 3 amide bonds. The zero-order valence-corrected chi connectivity index (χ0v) is 25.6. The molecule has 0 saturated carbocycles. The first-order chi connectivity index (χ1) is 20.1. The molecule has 12 heteroatoms. The highest BCUT2D eigenvalue weighted by atomic mass is 16.6. The van der Waals surface area contributed by atoms with Gasteiger partial charge in [-0.2, -0.15) is 0 Å². The maximum atomic E-state index is 13.2. The number of alkyl carbamates (subject to hydrolysis) is 1. The molecule has 0 spiro atoms. The van der Waals surface area contributed by atoms with Gasteiger partial charge in [0, 0.05) is 6.54 Å². The average molecular weight is 597 g/mol. The summed E-state index contributed by atoms with van der Waals surface area (Å²) >= 11 is 0. The Hall–Kier alpha value is -4.61. The van der Waals surface area contributed by atoms with Gasteiger partial charge in [0.05, 0.1) is 13.2 Å². The molecular formula is C31H40N4O8. The first-order valence-electron chi connectivity index (χ1n) is 13.9. The van der Waals surface area contributed by atoms with E-state index in [1.807, 2.05) is 48.5 Å². The number of hydrogen-bond acceptors (Lipinski definition) is 7. The maximum Gasteiger partial charge on any atom is 0.437 e. The molecule has 232 valence electrons. The molecule has 2 aromatic rings. The highest BCUT2D eigenvalue weighted by Gasteiger charge is 2.42. The fraction of sp³-hybridized carbons (Fsp3) is 0.452. The smallest absolute Gasteiger partial charge is 0.437 e. The number of guanidine groups is 1. The Bertz CT molecular complexity index is 1330. The molecule has 2 aromatic carbocycles. The lowest BCUT2D eigenvalue weighted by Gasteiger charge is -2.34. The monoisotopic (exact) mass is 596 g/mol. The van der Waals surface area contributed by atoms with E-state index >= 15 is 0 Å². The van der Waals surface area contributed by atoms with Gasteiger partial charge in [-0.3, -0.25) is 10.2 Å². The van der Waals surface area contributed by atoms with Crippen LogP contribution in [-0.2, 0) is 19.0 Å². The van der Waals surface area contributed by atoms with E-state index in [2.05, 4.69) is 15.6 Å². The number of aliphatic carboxylic acids is 1. The lowest BCUT2D eigenvalue weighted by molar-refractivity contribution is -0.143. The molecule has 0 aliphatic heterocycles. The van der Waals surface area contributed by atoms with E-state index in [1.54, 1.807) is 41.5 Å². The number of carboxylic acids is 1. The molecule has 1 atom stereocenters. The van der Waals surface area contributed by atoms with Gasteiger partial charge >= 0.3 is 24.2 Å². The zero-order chi connectivity index (χ0) is 31.9.